The molecule has 0 radical (unpaired) electrons. The Kier molecular flexibility index (Phi) is 5.42. The zero-order chi connectivity index (χ0) is 17.4. The summed E-state index contributed by atoms with van der Waals surface area (Å²) < 4.78 is 46.1. The Hall–Kier alpha value is -0.670. The van der Waals surface area contributed by atoms with Gasteiger partial charge < -0.3 is 0 Å². The molecular formula is C13H13Cl2NO4S3. The van der Waals surface area contributed by atoms with E-state index in [1.807, 2.05) is 6.07 Å². The van der Waals surface area contributed by atoms with Crippen LogP contribution in [0.1, 0.15) is 21.8 Å². The molecule has 1 heterocycles. The van der Waals surface area contributed by atoms with Crippen LogP contribution in [-0.2, 0) is 30.9 Å². The predicted molar refractivity (Wildman–Crippen MR) is 91.5 cm³/mol. The average molecular weight is 414 g/mol. The standard InChI is InChI=1S/C13H13Cl2NO4S3/c1-8-5-10(7-11(6-8)22(14,17)18)3-4-12-13(23(15,19)20)21-9(2)16-12/h5-7H,3-4H2,1-2H3. The zero-order valence-corrected chi connectivity index (χ0v) is 16.2. The van der Waals surface area contributed by atoms with E-state index in [4.69, 9.17) is 21.4 Å². The molecule has 126 valence electrons. The van der Waals surface area contributed by atoms with Crippen LogP contribution in [0.4, 0.5) is 0 Å². The van der Waals surface area contributed by atoms with Crippen molar-refractivity contribution < 1.29 is 16.8 Å². The van der Waals surface area contributed by atoms with Gasteiger partial charge in [-0.15, -0.1) is 11.3 Å². The van der Waals surface area contributed by atoms with Crippen LogP contribution >= 0.6 is 32.7 Å². The fraction of sp³-hybridized carbons (Fsp3) is 0.308. The van der Waals surface area contributed by atoms with Gasteiger partial charge in [-0.2, -0.15) is 0 Å². The lowest BCUT2D eigenvalue weighted by Crippen LogP contribution is -2.00. The molecule has 0 fully saturated rings. The van der Waals surface area contributed by atoms with E-state index in [-0.39, 0.29) is 9.10 Å². The number of thiazole rings is 1. The number of aromatic nitrogens is 1. The lowest BCUT2D eigenvalue weighted by Gasteiger charge is -2.05. The number of benzene rings is 1. The Morgan fingerprint density at radius 1 is 1.00 bits per heavy atom. The summed E-state index contributed by atoms with van der Waals surface area (Å²) in [5.74, 6) is 0. The molecule has 0 unspecified atom stereocenters. The first-order valence-electron chi connectivity index (χ1n) is 6.43. The summed E-state index contributed by atoms with van der Waals surface area (Å²) in [6.45, 7) is 3.46. The number of nitrogens with zero attached hydrogens (tertiary/aromatic N) is 1. The summed E-state index contributed by atoms with van der Waals surface area (Å²) in [5, 5.41) is 0.604. The molecule has 0 aliphatic carbocycles. The molecule has 2 rings (SSSR count). The number of aryl methyl sites for hydroxylation is 4. The third-order valence-electron chi connectivity index (χ3n) is 3.03. The first kappa shape index (κ1) is 18.7. The maximum absolute atomic E-state index is 11.6. The third kappa shape index (κ3) is 4.90. The van der Waals surface area contributed by atoms with Crippen LogP contribution in [0, 0.1) is 13.8 Å². The van der Waals surface area contributed by atoms with Gasteiger partial charge >= 0.3 is 0 Å². The van der Waals surface area contributed by atoms with Gasteiger partial charge in [0.05, 0.1) is 15.6 Å². The van der Waals surface area contributed by atoms with E-state index in [1.54, 1.807) is 13.8 Å². The second-order valence-electron chi connectivity index (χ2n) is 5.00. The molecule has 0 N–H and O–H groups in total. The second kappa shape index (κ2) is 6.68. The Morgan fingerprint density at radius 3 is 2.22 bits per heavy atom. The minimum atomic E-state index is -3.85. The highest BCUT2D eigenvalue weighted by Gasteiger charge is 2.21. The van der Waals surface area contributed by atoms with Crippen LogP contribution in [0.2, 0.25) is 0 Å². The molecule has 0 atom stereocenters. The van der Waals surface area contributed by atoms with Gasteiger partial charge in [-0.3, -0.25) is 0 Å². The van der Waals surface area contributed by atoms with Gasteiger partial charge in [0.15, 0.2) is 4.21 Å². The van der Waals surface area contributed by atoms with Gasteiger partial charge in [0.2, 0.25) is 0 Å². The molecular weight excluding hydrogens is 401 g/mol. The maximum Gasteiger partial charge on any atom is 0.272 e. The molecule has 0 saturated carbocycles. The fourth-order valence-corrected chi connectivity index (χ4v) is 5.49. The van der Waals surface area contributed by atoms with Crippen molar-refractivity contribution in [2.75, 3.05) is 0 Å². The Labute approximate surface area is 148 Å². The normalized spacial score (nSPS) is 12.5. The molecule has 10 heteroatoms. The van der Waals surface area contributed by atoms with Crippen molar-refractivity contribution in [1.82, 2.24) is 4.98 Å². The van der Waals surface area contributed by atoms with Gasteiger partial charge in [-0.05, 0) is 49.9 Å². The first-order valence-corrected chi connectivity index (χ1v) is 11.9. The van der Waals surface area contributed by atoms with Crippen LogP contribution in [0.15, 0.2) is 27.3 Å². The van der Waals surface area contributed by atoms with Crippen molar-refractivity contribution in [2.24, 2.45) is 0 Å². The van der Waals surface area contributed by atoms with Gasteiger partial charge in [-0.1, -0.05) is 6.07 Å². The highest BCUT2D eigenvalue weighted by Crippen LogP contribution is 2.28. The van der Waals surface area contributed by atoms with E-state index in [0.717, 1.165) is 22.5 Å². The quantitative estimate of drug-likeness (QED) is 0.701. The zero-order valence-electron chi connectivity index (χ0n) is 12.2. The molecule has 0 amide bonds. The fourth-order valence-electron chi connectivity index (χ4n) is 2.17. The van der Waals surface area contributed by atoms with Gasteiger partial charge in [0.25, 0.3) is 18.1 Å². The molecule has 1 aromatic carbocycles. The molecule has 0 bridgehead atoms. The predicted octanol–water partition coefficient (Wildman–Crippen LogP) is 3.40. The second-order valence-corrected chi connectivity index (χ2v) is 11.5. The van der Waals surface area contributed by atoms with Crippen LogP contribution in [0.25, 0.3) is 0 Å². The van der Waals surface area contributed by atoms with Crippen LogP contribution in [0.3, 0.4) is 0 Å². The average Bonchev–Trinajstić information content (AvgIpc) is 2.76. The summed E-state index contributed by atoms with van der Waals surface area (Å²) in [6.07, 6.45) is 0.751. The van der Waals surface area contributed by atoms with Crippen molar-refractivity contribution >= 4 is 50.8 Å². The van der Waals surface area contributed by atoms with Gasteiger partial charge in [0, 0.05) is 21.4 Å². The number of halogens is 2. The van der Waals surface area contributed by atoms with Crippen molar-refractivity contribution in [3.05, 3.63) is 40.0 Å². The lowest BCUT2D eigenvalue weighted by atomic mass is 10.1. The Balaban J connectivity index is 2.31. The monoisotopic (exact) mass is 413 g/mol. The van der Waals surface area contributed by atoms with Crippen molar-refractivity contribution in [1.29, 1.82) is 0 Å². The van der Waals surface area contributed by atoms with Crippen LogP contribution in [-0.4, -0.2) is 21.8 Å². The molecule has 5 nitrogen and oxygen atoms in total. The smallest absolute Gasteiger partial charge is 0.245 e. The minimum absolute atomic E-state index is 0.0220. The van der Waals surface area contributed by atoms with E-state index in [9.17, 15) is 16.8 Å². The lowest BCUT2D eigenvalue weighted by molar-refractivity contribution is 0.608. The van der Waals surface area contributed by atoms with Crippen LogP contribution < -0.4 is 0 Å². The number of hydrogen-bond donors (Lipinski definition) is 0. The Morgan fingerprint density at radius 2 is 1.65 bits per heavy atom. The number of hydrogen-bond acceptors (Lipinski definition) is 6. The molecule has 23 heavy (non-hydrogen) atoms. The largest absolute Gasteiger partial charge is 0.272 e. The number of rotatable bonds is 5. The van der Waals surface area contributed by atoms with Crippen molar-refractivity contribution in [2.45, 2.75) is 35.8 Å². The summed E-state index contributed by atoms with van der Waals surface area (Å²) in [7, 11) is 3.13. The summed E-state index contributed by atoms with van der Waals surface area (Å²) in [4.78, 5) is 4.22. The topological polar surface area (TPSA) is 81.2 Å². The highest BCUT2D eigenvalue weighted by atomic mass is 35.7. The van der Waals surface area contributed by atoms with Crippen molar-refractivity contribution in [3.8, 4) is 0 Å². The van der Waals surface area contributed by atoms with Gasteiger partial charge in [0.1, 0.15) is 0 Å². The minimum Gasteiger partial charge on any atom is -0.245 e. The molecule has 0 spiro atoms. The third-order valence-corrected chi connectivity index (χ3v) is 7.50. The molecule has 0 aliphatic rings. The molecule has 1 aromatic heterocycles. The maximum atomic E-state index is 11.6. The van der Waals surface area contributed by atoms with Crippen LogP contribution in [0.5, 0.6) is 0 Å². The van der Waals surface area contributed by atoms with E-state index < -0.39 is 18.1 Å². The first-order chi connectivity index (χ1) is 10.5. The van der Waals surface area contributed by atoms with E-state index in [0.29, 0.717) is 23.5 Å². The van der Waals surface area contributed by atoms with E-state index in [1.165, 1.54) is 12.1 Å². The summed E-state index contributed by atoms with van der Waals surface area (Å²) in [5.41, 5.74) is 1.87. The SMILES string of the molecule is Cc1cc(CCc2nc(C)sc2S(=O)(=O)Cl)cc(S(=O)(=O)Cl)c1. The Bertz CT molecular complexity index is 950. The summed E-state index contributed by atoms with van der Waals surface area (Å²) in [6, 6.07) is 4.77. The molecule has 0 aliphatic heterocycles. The van der Waals surface area contributed by atoms with E-state index >= 15 is 0 Å². The summed E-state index contributed by atoms with van der Waals surface area (Å²) >= 11 is 1.02. The van der Waals surface area contributed by atoms with E-state index in [2.05, 4.69) is 4.98 Å². The van der Waals surface area contributed by atoms with Gasteiger partial charge in [-0.25, -0.2) is 21.8 Å². The highest BCUT2D eigenvalue weighted by molar-refractivity contribution is 8.15. The molecule has 2 aromatic rings. The molecule has 0 saturated heterocycles. The van der Waals surface area contributed by atoms with Crippen molar-refractivity contribution in [3.63, 3.8) is 0 Å².